The number of aliphatic hydroxyl groups is 1. The molecule has 2 aromatic carbocycles. The second kappa shape index (κ2) is 9.05. The minimum Gasteiger partial charge on any atom is -0.388 e. The minimum absolute atomic E-state index is 0.0299. The summed E-state index contributed by atoms with van der Waals surface area (Å²) in [6.45, 7) is 1.30. The topological polar surface area (TPSA) is 78.6 Å². The van der Waals surface area contributed by atoms with Crippen LogP contribution < -0.4 is 10.2 Å². The Morgan fingerprint density at radius 2 is 2.06 bits per heavy atom. The number of rotatable bonds is 7. The van der Waals surface area contributed by atoms with Gasteiger partial charge in [0.05, 0.1) is 16.6 Å². The highest BCUT2D eigenvalue weighted by atomic mass is 32.1. The van der Waals surface area contributed by atoms with Gasteiger partial charge in [-0.25, -0.2) is 0 Å². The van der Waals surface area contributed by atoms with E-state index in [9.17, 15) is 28.4 Å². The van der Waals surface area contributed by atoms with Crippen molar-refractivity contribution in [2.75, 3.05) is 24.5 Å². The van der Waals surface area contributed by atoms with Crippen molar-refractivity contribution in [1.82, 2.24) is 5.32 Å². The van der Waals surface area contributed by atoms with E-state index in [1.54, 1.807) is 16.2 Å². The first kappa shape index (κ1) is 22.5. The highest BCUT2D eigenvalue weighted by Crippen LogP contribution is 2.39. The first-order valence-corrected chi connectivity index (χ1v) is 11.1. The molecular formula is C22H22F3N3O3S. The van der Waals surface area contributed by atoms with Crippen LogP contribution in [-0.2, 0) is 6.18 Å². The molecule has 32 heavy (non-hydrogen) atoms. The molecule has 1 aromatic heterocycles. The van der Waals surface area contributed by atoms with E-state index in [0.29, 0.717) is 38.5 Å². The molecule has 1 saturated heterocycles. The van der Waals surface area contributed by atoms with Crippen LogP contribution >= 0.6 is 11.3 Å². The fraction of sp³-hybridized carbons (Fsp3) is 0.364. The molecule has 0 aliphatic carbocycles. The van der Waals surface area contributed by atoms with Gasteiger partial charge in [0.15, 0.2) is 0 Å². The van der Waals surface area contributed by atoms with E-state index in [-0.39, 0.29) is 11.7 Å². The third kappa shape index (κ3) is 4.72. The number of nitrogens with zero attached hydrogens (tertiary/aromatic N) is 2. The molecule has 2 heterocycles. The van der Waals surface area contributed by atoms with Crippen LogP contribution in [-0.4, -0.2) is 35.7 Å². The summed E-state index contributed by atoms with van der Waals surface area (Å²) in [5.41, 5.74) is -0.727. The Morgan fingerprint density at radius 1 is 1.28 bits per heavy atom. The molecule has 4 rings (SSSR count). The number of fused-ring (bicyclic) bond motifs is 1. The van der Waals surface area contributed by atoms with Crippen LogP contribution in [0.1, 0.15) is 30.1 Å². The maximum absolute atomic E-state index is 13.5. The van der Waals surface area contributed by atoms with Gasteiger partial charge in [0.1, 0.15) is 0 Å². The number of nitro groups is 1. The lowest BCUT2D eigenvalue weighted by Crippen LogP contribution is -2.34. The van der Waals surface area contributed by atoms with Crippen molar-refractivity contribution >= 4 is 32.8 Å². The first-order chi connectivity index (χ1) is 15.2. The summed E-state index contributed by atoms with van der Waals surface area (Å²) in [6, 6.07) is 10.7. The van der Waals surface area contributed by atoms with Gasteiger partial charge in [0.2, 0.25) is 0 Å². The zero-order valence-electron chi connectivity index (χ0n) is 17.0. The molecule has 0 spiro atoms. The van der Waals surface area contributed by atoms with Crippen LogP contribution in [0.4, 0.5) is 24.5 Å². The van der Waals surface area contributed by atoms with E-state index in [0.717, 1.165) is 21.7 Å². The Bertz CT molecular complexity index is 1120. The number of thiophene rings is 1. The molecule has 1 aliphatic rings. The van der Waals surface area contributed by atoms with Gasteiger partial charge < -0.3 is 15.3 Å². The molecule has 1 fully saturated rings. The Labute approximate surface area is 186 Å². The highest BCUT2D eigenvalue weighted by molar-refractivity contribution is 7.17. The lowest BCUT2D eigenvalue weighted by atomic mass is 10.1. The Hall–Kier alpha value is -2.69. The number of benzene rings is 2. The number of nitro benzene ring substituents is 1. The van der Waals surface area contributed by atoms with Gasteiger partial charge in [-0.15, -0.1) is 11.3 Å². The number of halogens is 3. The molecule has 0 saturated carbocycles. The van der Waals surface area contributed by atoms with E-state index in [4.69, 9.17) is 0 Å². The standard InChI is InChI=1S/C22H22F3N3O3S/c23-22(24,25)18-11-15(28(30)31)5-6-19(18)27-10-8-14(12-27)26-9-7-20(29)17-13-32-21-4-2-1-3-16(17)21/h1-6,11,13-14,20,26,29H,7-10,12H2/t14-,20?/m0/s1. The Balaban J connectivity index is 1.36. The van der Waals surface area contributed by atoms with E-state index < -0.39 is 28.5 Å². The predicted molar refractivity (Wildman–Crippen MR) is 118 cm³/mol. The molecule has 0 amide bonds. The Kier molecular flexibility index (Phi) is 6.36. The zero-order chi connectivity index (χ0) is 22.9. The van der Waals surface area contributed by atoms with Gasteiger partial charge in [0, 0.05) is 41.7 Å². The zero-order valence-corrected chi connectivity index (χ0v) is 17.8. The van der Waals surface area contributed by atoms with Crippen LogP contribution in [0, 0.1) is 10.1 Å². The molecule has 1 aliphatic heterocycles. The maximum atomic E-state index is 13.5. The van der Waals surface area contributed by atoms with E-state index in [2.05, 4.69) is 5.32 Å². The number of hydrogen-bond donors (Lipinski definition) is 2. The fourth-order valence-corrected chi connectivity index (χ4v) is 5.13. The highest BCUT2D eigenvalue weighted by Gasteiger charge is 2.38. The van der Waals surface area contributed by atoms with Gasteiger partial charge in [-0.3, -0.25) is 10.1 Å². The van der Waals surface area contributed by atoms with Crippen molar-refractivity contribution in [3.8, 4) is 0 Å². The molecule has 1 unspecified atom stereocenters. The van der Waals surface area contributed by atoms with Gasteiger partial charge in [-0.1, -0.05) is 18.2 Å². The quantitative estimate of drug-likeness (QED) is 0.374. The van der Waals surface area contributed by atoms with Crippen molar-refractivity contribution in [3.63, 3.8) is 0 Å². The Morgan fingerprint density at radius 3 is 2.81 bits per heavy atom. The largest absolute Gasteiger partial charge is 0.418 e. The second-order valence-corrected chi connectivity index (χ2v) is 8.74. The molecular weight excluding hydrogens is 443 g/mol. The summed E-state index contributed by atoms with van der Waals surface area (Å²) >= 11 is 1.58. The number of aliphatic hydroxyl groups excluding tert-OH is 1. The number of hydrogen-bond acceptors (Lipinski definition) is 6. The third-order valence-electron chi connectivity index (χ3n) is 5.75. The SMILES string of the molecule is O=[N+]([O-])c1ccc(N2CC[C@H](NCCC(O)c3csc4ccccc34)C2)c(C(F)(F)F)c1. The van der Waals surface area contributed by atoms with Crippen LogP contribution in [0.2, 0.25) is 0 Å². The molecule has 170 valence electrons. The molecule has 0 radical (unpaired) electrons. The summed E-state index contributed by atoms with van der Waals surface area (Å²) in [5.74, 6) is 0. The summed E-state index contributed by atoms with van der Waals surface area (Å²) in [7, 11) is 0. The normalized spacial score (nSPS) is 17.8. The minimum atomic E-state index is -4.68. The fourth-order valence-electron chi connectivity index (χ4n) is 4.12. The monoisotopic (exact) mass is 465 g/mol. The van der Waals surface area contributed by atoms with E-state index in [1.807, 2.05) is 29.6 Å². The molecule has 3 aromatic rings. The third-order valence-corrected chi connectivity index (χ3v) is 6.73. The van der Waals surface area contributed by atoms with Crippen molar-refractivity contribution in [1.29, 1.82) is 0 Å². The maximum Gasteiger partial charge on any atom is 0.418 e. The van der Waals surface area contributed by atoms with Crippen molar-refractivity contribution in [2.45, 2.75) is 31.2 Å². The summed E-state index contributed by atoms with van der Waals surface area (Å²) in [4.78, 5) is 11.7. The van der Waals surface area contributed by atoms with Crippen LogP contribution in [0.15, 0.2) is 47.8 Å². The van der Waals surface area contributed by atoms with Crippen LogP contribution in [0.5, 0.6) is 0 Å². The average molecular weight is 465 g/mol. The molecule has 2 atom stereocenters. The van der Waals surface area contributed by atoms with Gasteiger partial charge in [-0.05, 0) is 47.8 Å². The second-order valence-electron chi connectivity index (χ2n) is 7.83. The summed E-state index contributed by atoms with van der Waals surface area (Å²) < 4.78 is 41.6. The lowest BCUT2D eigenvalue weighted by molar-refractivity contribution is -0.385. The smallest absolute Gasteiger partial charge is 0.388 e. The summed E-state index contributed by atoms with van der Waals surface area (Å²) in [5, 5.41) is 27.8. The predicted octanol–water partition coefficient (Wildman–Crippen LogP) is 5.12. The number of anilines is 1. The molecule has 0 bridgehead atoms. The van der Waals surface area contributed by atoms with Crippen LogP contribution in [0.3, 0.4) is 0 Å². The van der Waals surface area contributed by atoms with Crippen LogP contribution in [0.25, 0.3) is 10.1 Å². The number of non-ortho nitro benzene ring substituents is 1. The van der Waals surface area contributed by atoms with Gasteiger partial charge in [0.25, 0.3) is 5.69 Å². The van der Waals surface area contributed by atoms with Crippen molar-refractivity contribution in [3.05, 3.63) is 69.1 Å². The van der Waals surface area contributed by atoms with E-state index >= 15 is 0 Å². The van der Waals surface area contributed by atoms with Crippen molar-refractivity contribution in [2.24, 2.45) is 0 Å². The molecule has 6 nitrogen and oxygen atoms in total. The first-order valence-electron chi connectivity index (χ1n) is 10.2. The average Bonchev–Trinajstić information content (AvgIpc) is 3.40. The number of alkyl halides is 3. The van der Waals surface area contributed by atoms with Gasteiger partial charge >= 0.3 is 6.18 Å². The van der Waals surface area contributed by atoms with E-state index in [1.165, 1.54) is 6.07 Å². The van der Waals surface area contributed by atoms with Gasteiger partial charge in [-0.2, -0.15) is 13.2 Å². The number of nitrogens with one attached hydrogen (secondary N) is 1. The lowest BCUT2D eigenvalue weighted by Gasteiger charge is -2.23. The molecule has 2 N–H and O–H groups in total. The molecule has 10 heteroatoms. The van der Waals surface area contributed by atoms with Crippen molar-refractivity contribution < 1.29 is 23.2 Å². The summed E-state index contributed by atoms with van der Waals surface area (Å²) in [6.07, 6.45) is -4.17.